The smallest absolute Gasteiger partial charge is 0.146 e. The van der Waals surface area contributed by atoms with Crippen LogP contribution in [-0.2, 0) is 17.8 Å². The molecular weight excluding hydrogens is 352 g/mol. The van der Waals surface area contributed by atoms with Gasteiger partial charge in [0.05, 0.1) is 0 Å². The number of benzene rings is 1. The lowest BCUT2D eigenvalue weighted by molar-refractivity contribution is -0.0648. The van der Waals surface area contributed by atoms with E-state index in [-0.39, 0.29) is 22.8 Å². The Morgan fingerprint density at radius 1 is 1.35 bits per heavy atom. The van der Waals surface area contributed by atoms with Gasteiger partial charge in [0, 0.05) is 17.0 Å². The Balaban J connectivity index is 1.76. The highest BCUT2D eigenvalue weighted by Crippen LogP contribution is 2.64. The second kappa shape index (κ2) is 5.98. The van der Waals surface area contributed by atoms with Crippen molar-refractivity contribution in [3.05, 3.63) is 23.3 Å². The van der Waals surface area contributed by atoms with Crippen molar-refractivity contribution in [2.75, 3.05) is 0 Å². The summed E-state index contributed by atoms with van der Waals surface area (Å²) in [5.41, 5.74) is 0.495. The van der Waals surface area contributed by atoms with E-state index in [1.165, 1.54) is 6.07 Å². The zero-order valence-corrected chi connectivity index (χ0v) is 15.6. The Morgan fingerprint density at radius 2 is 2.12 bits per heavy atom. The summed E-state index contributed by atoms with van der Waals surface area (Å²) >= 11 is -2.69. The average Bonchev–Trinajstić information content (AvgIpc) is 2.86. The van der Waals surface area contributed by atoms with Crippen LogP contribution in [0.5, 0.6) is 11.5 Å². The first-order valence-electron chi connectivity index (χ1n) is 9.12. The number of fused-ring (bicyclic) bond motifs is 5. The Morgan fingerprint density at radius 3 is 2.81 bits per heavy atom. The van der Waals surface area contributed by atoms with Gasteiger partial charge < -0.3 is 18.9 Å². The molecule has 0 aliphatic heterocycles. The molecule has 0 heterocycles. The van der Waals surface area contributed by atoms with Crippen molar-refractivity contribution in [3.8, 4) is 23.8 Å². The zero-order valence-electron chi connectivity index (χ0n) is 14.7. The quantitative estimate of drug-likeness (QED) is 0.613. The maximum absolute atomic E-state index is 11.1. The molecule has 0 radical (unpaired) electrons. The molecule has 5 nitrogen and oxygen atoms in total. The molecule has 6 heteroatoms. The molecule has 1 aromatic carbocycles. The second-order valence-electron chi connectivity index (χ2n) is 8.22. The molecule has 0 saturated heterocycles. The predicted molar refractivity (Wildman–Crippen MR) is 96.1 cm³/mol. The van der Waals surface area contributed by atoms with Crippen molar-refractivity contribution in [3.63, 3.8) is 0 Å². The van der Waals surface area contributed by atoms with E-state index in [1.54, 1.807) is 6.07 Å². The normalized spacial score (nSPS) is 39.2. The van der Waals surface area contributed by atoms with Crippen LogP contribution >= 0.6 is 0 Å². The molecule has 26 heavy (non-hydrogen) atoms. The lowest BCUT2D eigenvalue weighted by atomic mass is 9.53. The van der Waals surface area contributed by atoms with Crippen LogP contribution in [0.3, 0.4) is 0 Å². The Hall–Kier alpha value is -1.55. The highest BCUT2D eigenvalue weighted by atomic mass is 32.2. The van der Waals surface area contributed by atoms with Crippen LogP contribution < -0.4 is 4.18 Å². The third kappa shape index (κ3) is 2.41. The van der Waals surface area contributed by atoms with Crippen LogP contribution in [0.1, 0.15) is 56.1 Å². The van der Waals surface area contributed by atoms with Crippen LogP contribution in [-0.4, -0.2) is 24.6 Å². The van der Waals surface area contributed by atoms with Crippen LogP contribution in [0.2, 0.25) is 0 Å². The molecule has 140 valence electrons. The summed E-state index contributed by atoms with van der Waals surface area (Å²) in [4.78, 5) is 0. The molecule has 0 spiro atoms. The van der Waals surface area contributed by atoms with E-state index in [4.69, 9.17) is 10.6 Å². The van der Waals surface area contributed by atoms with Gasteiger partial charge in [0.25, 0.3) is 0 Å². The van der Waals surface area contributed by atoms with E-state index in [2.05, 4.69) is 12.8 Å². The molecule has 1 aromatic rings. The third-order valence-electron chi connectivity index (χ3n) is 7.32. The third-order valence-corrected chi connectivity index (χ3v) is 7.63. The van der Waals surface area contributed by atoms with Gasteiger partial charge in [0.1, 0.15) is 28.5 Å². The summed E-state index contributed by atoms with van der Waals surface area (Å²) in [6.45, 7) is 2.11. The first kappa shape index (κ1) is 17.8. The van der Waals surface area contributed by atoms with E-state index < -0.39 is 17.0 Å². The minimum absolute atomic E-state index is 0.0193. The van der Waals surface area contributed by atoms with Crippen LogP contribution in [0.25, 0.3) is 0 Å². The zero-order chi connectivity index (χ0) is 18.7. The van der Waals surface area contributed by atoms with Gasteiger partial charge in [-0.05, 0) is 67.9 Å². The van der Waals surface area contributed by atoms with Crippen LogP contribution in [0.4, 0.5) is 0 Å². The van der Waals surface area contributed by atoms with Gasteiger partial charge in [0.15, 0.2) is 0 Å². The number of aromatic hydroxyl groups is 1. The maximum atomic E-state index is 11.1. The monoisotopic (exact) mass is 375 g/mol. The summed E-state index contributed by atoms with van der Waals surface area (Å²) < 4.78 is 27.3. The van der Waals surface area contributed by atoms with Crippen LogP contribution in [0.15, 0.2) is 12.1 Å². The van der Waals surface area contributed by atoms with E-state index in [9.17, 15) is 19.0 Å². The first-order valence-corrected chi connectivity index (χ1v) is 10.1. The summed E-state index contributed by atoms with van der Waals surface area (Å²) in [6, 6.07) is 3.10. The molecule has 3 aliphatic rings. The van der Waals surface area contributed by atoms with Gasteiger partial charge in [-0.1, -0.05) is 12.8 Å². The van der Waals surface area contributed by atoms with Crippen molar-refractivity contribution >= 4 is 11.4 Å². The molecule has 4 rings (SSSR count). The van der Waals surface area contributed by atoms with Gasteiger partial charge in [-0.2, -0.15) is 0 Å². The molecule has 3 aliphatic carbocycles. The van der Waals surface area contributed by atoms with E-state index >= 15 is 0 Å². The van der Waals surface area contributed by atoms with E-state index in [1.807, 2.05) is 0 Å². The Bertz CT molecular complexity index is 815. The molecule has 6 atom stereocenters. The molecule has 2 unspecified atom stereocenters. The van der Waals surface area contributed by atoms with E-state index in [0.717, 1.165) is 43.2 Å². The lowest BCUT2D eigenvalue weighted by Crippen LogP contribution is -2.50. The largest absolute Gasteiger partial charge is 0.740 e. The number of aryl methyl sites for hydroxylation is 1. The Labute approximate surface area is 156 Å². The highest BCUT2D eigenvalue weighted by molar-refractivity contribution is 7.74. The van der Waals surface area contributed by atoms with Crippen molar-refractivity contribution in [2.24, 2.45) is 17.3 Å². The van der Waals surface area contributed by atoms with Crippen molar-refractivity contribution in [2.45, 2.75) is 57.0 Å². The fraction of sp³-hybridized carbons (Fsp3) is 0.600. The standard InChI is InChI=1S/C20H24O5S/c1-3-20(22)9-7-16-14-5-4-12-10-13(21)11-17(25-26(23)24)18(12)15(14)6-8-19(16,20)2/h1,10-11,14-16,21-22H,4-9H2,2H3,(H,23,24)/p-1/t14-,15+,16+,19?,20+/m1/s1. The van der Waals surface area contributed by atoms with Gasteiger partial charge in [-0.3, -0.25) is 0 Å². The molecule has 0 bridgehead atoms. The molecule has 2 saturated carbocycles. The SMILES string of the molecule is C#C[C@]1(O)CC[C@H]2[C@@H]3CCc4cc(O)cc(OS(=O)[O-])c4[C@H]3CCC21C. The van der Waals surface area contributed by atoms with Crippen molar-refractivity contribution in [1.82, 2.24) is 0 Å². The molecule has 2 fully saturated rings. The number of rotatable bonds is 2. The average molecular weight is 375 g/mol. The second-order valence-corrected chi connectivity index (χ2v) is 8.79. The van der Waals surface area contributed by atoms with Gasteiger partial charge in [-0.25, -0.2) is 4.21 Å². The molecule has 0 aromatic heterocycles. The van der Waals surface area contributed by atoms with Crippen molar-refractivity contribution in [1.29, 1.82) is 0 Å². The number of phenols is 1. The van der Waals surface area contributed by atoms with Gasteiger partial charge in [-0.15, -0.1) is 6.42 Å². The van der Waals surface area contributed by atoms with Crippen LogP contribution in [0, 0.1) is 29.6 Å². The molecule has 2 N–H and O–H groups in total. The minimum Gasteiger partial charge on any atom is -0.740 e. The molecule has 0 amide bonds. The number of phenolic OH excluding ortho intramolecular Hbond substituents is 1. The number of hydrogen-bond donors (Lipinski definition) is 2. The van der Waals surface area contributed by atoms with Gasteiger partial charge in [0.2, 0.25) is 0 Å². The van der Waals surface area contributed by atoms with E-state index in [0.29, 0.717) is 18.3 Å². The first-order chi connectivity index (χ1) is 12.3. The number of hydrogen-bond acceptors (Lipinski definition) is 5. The van der Waals surface area contributed by atoms with Gasteiger partial charge >= 0.3 is 0 Å². The summed E-state index contributed by atoms with van der Waals surface area (Å²) in [5, 5.41) is 20.9. The summed E-state index contributed by atoms with van der Waals surface area (Å²) in [7, 11) is 0. The summed E-state index contributed by atoms with van der Waals surface area (Å²) in [5.74, 6) is 3.70. The number of aliphatic hydroxyl groups is 1. The molecular formula is C20H23O5S-. The lowest BCUT2D eigenvalue weighted by Gasteiger charge is -2.52. The highest BCUT2D eigenvalue weighted by Gasteiger charge is 2.61. The fourth-order valence-corrected chi connectivity index (χ4v) is 6.35. The topological polar surface area (TPSA) is 89.8 Å². The number of terminal acetylenes is 1. The minimum atomic E-state index is -2.69. The summed E-state index contributed by atoms with van der Waals surface area (Å²) in [6.07, 6.45) is 10.5. The maximum Gasteiger partial charge on any atom is 0.146 e. The van der Waals surface area contributed by atoms with Crippen molar-refractivity contribution < 1.29 is 23.2 Å². The Kier molecular flexibility index (Phi) is 4.11. The predicted octanol–water partition coefficient (Wildman–Crippen LogP) is 2.79. The fourth-order valence-electron chi connectivity index (χ4n) is 6.06.